The van der Waals surface area contributed by atoms with Crippen molar-refractivity contribution in [2.45, 2.75) is 13.0 Å². The van der Waals surface area contributed by atoms with Crippen LogP contribution in [0.3, 0.4) is 0 Å². The molecule has 1 fully saturated rings. The Kier molecular flexibility index (Phi) is 4.19. The highest BCUT2D eigenvalue weighted by Gasteiger charge is 2.31. The van der Waals surface area contributed by atoms with Crippen molar-refractivity contribution in [3.8, 4) is 0 Å². The summed E-state index contributed by atoms with van der Waals surface area (Å²) in [7, 11) is 1.29. The minimum absolute atomic E-state index is 0.0676. The fourth-order valence-electron chi connectivity index (χ4n) is 2.28. The van der Waals surface area contributed by atoms with Crippen LogP contribution in [0.25, 0.3) is 0 Å². The molecule has 1 aromatic rings. The Labute approximate surface area is 116 Å². The summed E-state index contributed by atoms with van der Waals surface area (Å²) in [5.74, 6) is -0.468. The van der Waals surface area contributed by atoms with Gasteiger partial charge in [0, 0.05) is 12.1 Å². The first-order chi connectivity index (χ1) is 9.54. The van der Waals surface area contributed by atoms with Crippen molar-refractivity contribution < 1.29 is 19.2 Å². The number of nitro groups is 1. The third-order valence-electron chi connectivity index (χ3n) is 3.27. The molecule has 7 heteroatoms. The lowest BCUT2D eigenvalue weighted by atomic mass is 10.1. The number of benzene rings is 1. The highest BCUT2D eigenvalue weighted by molar-refractivity contribution is 5.76. The minimum Gasteiger partial charge on any atom is -0.467 e. The van der Waals surface area contributed by atoms with Gasteiger partial charge in [-0.05, 0) is 13.0 Å². The molecule has 0 N–H and O–H groups in total. The molecule has 0 aromatic heterocycles. The zero-order valence-corrected chi connectivity index (χ0v) is 11.4. The number of aryl methyl sites for hydroxylation is 1. The van der Waals surface area contributed by atoms with E-state index in [1.807, 2.05) is 0 Å². The van der Waals surface area contributed by atoms with Crippen LogP contribution in [0.2, 0.25) is 0 Å². The third-order valence-corrected chi connectivity index (χ3v) is 3.27. The van der Waals surface area contributed by atoms with Crippen LogP contribution in [-0.4, -0.2) is 43.8 Å². The number of carbonyl (C=O) groups excluding carboxylic acids is 1. The Morgan fingerprint density at radius 1 is 1.55 bits per heavy atom. The van der Waals surface area contributed by atoms with Gasteiger partial charge in [0.1, 0.15) is 5.69 Å². The molecule has 0 radical (unpaired) electrons. The summed E-state index contributed by atoms with van der Waals surface area (Å²) in [6, 6.07) is 5.14. The van der Waals surface area contributed by atoms with E-state index in [4.69, 9.17) is 4.74 Å². The van der Waals surface area contributed by atoms with E-state index >= 15 is 0 Å². The molecule has 1 unspecified atom stereocenters. The van der Waals surface area contributed by atoms with Gasteiger partial charge in [0.2, 0.25) is 0 Å². The summed E-state index contributed by atoms with van der Waals surface area (Å²) < 4.78 is 9.98. The van der Waals surface area contributed by atoms with Gasteiger partial charge in [0.15, 0.2) is 6.10 Å². The first-order valence-corrected chi connectivity index (χ1v) is 6.23. The molecular weight excluding hydrogens is 264 g/mol. The number of anilines is 1. The Morgan fingerprint density at radius 3 is 2.95 bits per heavy atom. The molecule has 1 aliphatic rings. The highest BCUT2D eigenvalue weighted by Crippen LogP contribution is 2.32. The van der Waals surface area contributed by atoms with Crippen LogP contribution in [0.4, 0.5) is 11.4 Å². The van der Waals surface area contributed by atoms with Crippen molar-refractivity contribution in [3.63, 3.8) is 0 Å². The Hall–Kier alpha value is -2.15. The van der Waals surface area contributed by atoms with Crippen LogP contribution in [-0.2, 0) is 14.3 Å². The van der Waals surface area contributed by atoms with E-state index in [9.17, 15) is 14.9 Å². The number of para-hydroxylation sites is 1. The van der Waals surface area contributed by atoms with E-state index in [0.29, 0.717) is 24.4 Å². The number of morpholine rings is 1. The van der Waals surface area contributed by atoms with Crippen molar-refractivity contribution in [2.24, 2.45) is 0 Å². The number of esters is 1. The second-order valence-corrected chi connectivity index (χ2v) is 4.53. The van der Waals surface area contributed by atoms with E-state index in [1.165, 1.54) is 7.11 Å². The van der Waals surface area contributed by atoms with Crippen molar-refractivity contribution in [3.05, 3.63) is 33.9 Å². The zero-order valence-electron chi connectivity index (χ0n) is 11.4. The monoisotopic (exact) mass is 280 g/mol. The van der Waals surface area contributed by atoms with E-state index in [1.54, 1.807) is 30.0 Å². The standard InChI is InChI=1S/C13H16N2O5/c1-9-4-3-5-10(12(9)15(17)18)14-6-7-20-11(8-14)13(16)19-2/h3-5,11H,6-8H2,1-2H3. The number of ether oxygens (including phenoxy) is 2. The number of rotatable bonds is 3. The van der Waals surface area contributed by atoms with Crippen molar-refractivity contribution in [1.82, 2.24) is 0 Å². The summed E-state index contributed by atoms with van der Waals surface area (Å²) in [6.45, 7) is 2.76. The predicted molar refractivity (Wildman–Crippen MR) is 71.8 cm³/mol. The molecule has 0 spiro atoms. The van der Waals surface area contributed by atoms with Crippen molar-refractivity contribution >= 4 is 17.3 Å². The summed E-state index contributed by atoms with van der Waals surface area (Å²) >= 11 is 0. The SMILES string of the molecule is COC(=O)C1CN(c2cccc(C)c2[N+](=O)[O-])CCO1. The van der Waals surface area contributed by atoms with Crippen molar-refractivity contribution in [1.29, 1.82) is 0 Å². The van der Waals surface area contributed by atoms with E-state index in [-0.39, 0.29) is 12.2 Å². The molecule has 0 amide bonds. The second-order valence-electron chi connectivity index (χ2n) is 4.53. The topological polar surface area (TPSA) is 81.9 Å². The molecule has 7 nitrogen and oxygen atoms in total. The van der Waals surface area contributed by atoms with E-state index < -0.39 is 17.0 Å². The van der Waals surface area contributed by atoms with Crippen LogP contribution in [0.15, 0.2) is 18.2 Å². The van der Waals surface area contributed by atoms with Gasteiger partial charge in [0.05, 0.1) is 25.2 Å². The van der Waals surface area contributed by atoms with Crippen LogP contribution >= 0.6 is 0 Å². The quantitative estimate of drug-likeness (QED) is 0.471. The van der Waals surface area contributed by atoms with Gasteiger partial charge in [-0.3, -0.25) is 10.1 Å². The van der Waals surface area contributed by atoms with Crippen LogP contribution in [0.5, 0.6) is 0 Å². The summed E-state index contributed by atoms with van der Waals surface area (Å²) in [5.41, 5.74) is 1.17. The van der Waals surface area contributed by atoms with E-state index in [2.05, 4.69) is 4.74 Å². The molecular formula is C13H16N2O5. The molecule has 1 heterocycles. The molecule has 1 atom stereocenters. The number of nitro benzene ring substituents is 1. The third kappa shape index (κ3) is 2.72. The Morgan fingerprint density at radius 2 is 2.30 bits per heavy atom. The lowest BCUT2D eigenvalue weighted by Crippen LogP contribution is -2.46. The molecule has 0 bridgehead atoms. The van der Waals surface area contributed by atoms with Gasteiger partial charge in [0.25, 0.3) is 5.69 Å². The summed E-state index contributed by atoms with van der Waals surface area (Å²) in [5, 5.41) is 11.2. The van der Waals surface area contributed by atoms with Gasteiger partial charge in [-0.1, -0.05) is 12.1 Å². The minimum atomic E-state index is -0.714. The number of carbonyl (C=O) groups is 1. The molecule has 1 saturated heterocycles. The number of hydrogen-bond donors (Lipinski definition) is 0. The van der Waals surface area contributed by atoms with Gasteiger partial charge < -0.3 is 14.4 Å². The zero-order chi connectivity index (χ0) is 14.7. The summed E-state index contributed by atoms with van der Waals surface area (Å²) in [6.07, 6.45) is -0.714. The van der Waals surface area contributed by atoms with Gasteiger partial charge in [-0.15, -0.1) is 0 Å². The molecule has 1 aliphatic heterocycles. The van der Waals surface area contributed by atoms with Crippen LogP contribution < -0.4 is 4.90 Å². The van der Waals surface area contributed by atoms with Crippen LogP contribution in [0, 0.1) is 17.0 Å². The van der Waals surface area contributed by atoms with Gasteiger partial charge in [-0.25, -0.2) is 4.79 Å². The Balaban J connectivity index is 2.30. The average molecular weight is 280 g/mol. The van der Waals surface area contributed by atoms with Gasteiger partial charge >= 0.3 is 5.97 Å². The van der Waals surface area contributed by atoms with Crippen LogP contribution in [0.1, 0.15) is 5.56 Å². The maximum absolute atomic E-state index is 11.5. The first kappa shape index (κ1) is 14.3. The highest BCUT2D eigenvalue weighted by atomic mass is 16.6. The maximum atomic E-state index is 11.5. The Bertz CT molecular complexity index is 531. The largest absolute Gasteiger partial charge is 0.467 e. The molecule has 2 rings (SSSR count). The lowest BCUT2D eigenvalue weighted by Gasteiger charge is -2.32. The first-order valence-electron chi connectivity index (χ1n) is 6.23. The number of nitrogens with zero attached hydrogens (tertiary/aromatic N) is 2. The van der Waals surface area contributed by atoms with E-state index in [0.717, 1.165) is 0 Å². The second kappa shape index (κ2) is 5.87. The van der Waals surface area contributed by atoms with Crippen molar-refractivity contribution in [2.75, 3.05) is 31.7 Å². The normalized spacial score (nSPS) is 18.7. The fraction of sp³-hybridized carbons (Fsp3) is 0.462. The molecule has 1 aromatic carbocycles. The lowest BCUT2D eigenvalue weighted by molar-refractivity contribution is -0.384. The number of hydrogen-bond acceptors (Lipinski definition) is 6. The summed E-state index contributed by atoms with van der Waals surface area (Å²) in [4.78, 5) is 24.1. The molecule has 0 aliphatic carbocycles. The van der Waals surface area contributed by atoms with Gasteiger partial charge in [-0.2, -0.15) is 0 Å². The molecule has 20 heavy (non-hydrogen) atoms. The molecule has 108 valence electrons. The fourth-order valence-corrected chi connectivity index (χ4v) is 2.28. The number of methoxy groups -OCH3 is 1. The average Bonchev–Trinajstić information content (AvgIpc) is 2.45. The molecule has 0 saturated carbocycles. The maximum Gasteiger partial charge on any atom is 0.336 e. The predicted octanol–water partition coefficient (Wildman–Crippen LogP) is 1.28. The smallest absolute Gasteiger partial charge is 0.336 e.